The molecule has 0 radical (unpaired) electrons. The first-order valence-electron chi connectivity index (χ1n) is 17.1. The fourth-order valence-electron chi connectivity index (χ4n) is 5.16. The van der Waals surface area contributed by atoms with Crippen LogP contribution < -0.4 is 48.7 Å². The summed E-state index contributed by atoms with van der Waals surface area (Å²) in [4.78, 5) is 113. The fourth-order valence-corrected chi connectivity index (χ4v) is 5.16. The van der Waals surface area contributed by atoms with Crippen LogP contribution in [0.5, 0.6) is 0 Å². The van der Waals surface area contributed by atoms with Crippen molar-refractivity contribution in [2.45, 2.75) is 114 Å². The second kappa shape index (κ2) is 22.9. The number of hydrogen-bond donors (Lipinski definition) is 13. The van der Waals surface area contributed by atoms with Gasteiger partial charge in [0.25, 0.3) is 0 Å². The maximum Gasteiger partial charge on any atom is 0.326 e. The summed E-state index contributed by atoms with van der Waals surface area (Å²) in [6.45, 7) is 4.08. The Morgan fingerprint density at radius 3 is 1.75 bits per heavy atom. The van der Waals surface area contributed by atoms with Crippen LogP contribution in [0.3, 0.4) is 0 Å². The van der Waals surface area contributed by atoms with Gasteiger partial charge in [0, 0.05) is 0 Å². The molecule has 0 aromatic rings. The molecule has 0 spiro atoms. The lowest BCUT2D eigenvalue weighted by atomic mass is 10.0. The zero-order chi connectivity index (χ0) is 40.4. The summed E-state index contributed by atoms with van der Waals surface area (Å²) < 4.78 is 0. The first-order valence-corrected chi connectivity index (χ1v) is 17.1. The highest BCUT2D eigenvalue weighted by Gasteiger charge is 2.36. The molecule has 1 heterocycles. The number of carbonyl (C=O) groups is 9. The molecule has 1 fully saturated rings. The van der Waals surface area contributed by atoms with Gasteiger partial charge in [-0.05, 0) is 58.0 Å². The molecule has 22 heteroatoms. The summed E-state index contributed by atoms with van der Waals surface area (Å²) in [5.41, 5.74) is 10.8. The lowest BCUT2D eigenvalue weighted by Gasteiger charge is -2.29. The van der Waals surface area contributed by atoms with Crippen molar-refractivity contribution in [3.63, 3.8) is 0 Å². The number of aliphatic carboxylic acids is 2. The molecular formula is C31H53N9O13. The van der Waals surface area contributed by atoms with Crippen LogP contribution in [-0.2, 0) is 43.2 Å². The topological polar surface area (TPSA) is 371 Å². The molecule has 1 aliphatic rings. The molecule has 22 nitrogen and oxygen atoms in total. The third-order valence-electron chi connectivity index (χ3n) is 8.11. The summed E-state index contributed by atoms with van der Waals surface area (Å²) in [6, 6.07) is -10.3. The van der Waals surface area contributed by atoms with Crippen molar-refractivity contribution in [1.82, 2.24) is 37.2 Å². The zero-order valence-electron chi connectivity index (χ0n) is 29.9. The van der Waals surface area contributed by atoms with E-state index in [1.807, 2.05) is 0 Å². The van der Waals surface area contributed by atoms with E-state index in [1.165, 1.54) is 13.8 Å². The number of carbonyl (C=O) groups excluding carboxylic acids is 7. The first-order chi connectivity index (χ1) is 24.8. The fraction of sp³-hybridized carbons (Fsp3) is 0.710. The molecule has 0 unspecified atom stereocenters. The molecule has 0 aliphatic carbocycles. The predicted octanol–water partition coefficient (Wildman–Crippen LogP) is -5.76. The molecule has 0 bridgehead atoms. The molecule has 1 saturated heterocycles. The van der Waals surface area contributed by atoms with Gasteiger partial charge in [-0.3, -0.25) is 38.4 Å². The van der Waals surface area contributed by atoms with Crippen molar-refractivity contribution < 1.29 is 63.6 Å². The van der Waals surface area contributed by atoms with Gasteiger partial charge in [0.1, 0.15) is 36.3 Å². The highest BCUT2D eigenvalue weighted by molar-refractivity contribution is 5.98. The average Bonchev–Trinajstić information content (AvgIpc) is 3.61. The van der Waals surface area contributed by atoms with Gasteiger partial charge < -0.3 is 69.1 Å². The largest absolute Gasteiger partial charge is 0.481 e. The molecule has 0 saturated carbocycles. The minimum atomic E-state index is -1.81. The van der Waals surface area contributed by atoms with Crippen LogP contribution in [0.15, 0.2) is 0 Å². The number of unbranched alkanes of at least 4 members (excludes halogenated alkanes) is 1. The van der Waals surface area contributed by atoms with Gasteiger partial charge in [-0.25, -0.2) is 4.79 Å². The number of nitrogens with one attached hydrogen (secondary N) is 7. The minimum Gasteiger partial charge on any atom is -0.481 e. The van der Waals surface area contributed by atoms with Crippen LogP contribution in [0.1, 0.15) is 65.7 Å². The van der Waals surface area contributed by atoms with Crippen LogP contribution in [0.2, 0.25) is 0 Å². The molecular weight excluding hydrogens is 706 g/mol. The maximum atomic E-state index is 13.5. The highest BCUT2D eigenvalue weighted by atomic mass is 16.4. The monoisotopic (exact) mass is 759 g/mol. The molecule has 1 aliphatic heterocycles. The number of aliphatic hydroxyl groups is 2. The number of amides is 7. The normalized spacial score (nSPS) is 17.8. The van der Waals surface area contributed by atoms with Crippen LogP contribution >= 0.6 is 0 Å². The average molecular weight is 760 g/mol. The zero-order valence-corrected chi connectivity index (χ0v) is 29.9. The van der Waals surface area contributed by atoms with Crippen LogP contribution in [-0.4, -0.2) is 142 Å². The smallest absolute Gasteiger partial charge is 0.326 e. The quantitative estimate of drug-likeness (QED) is 0.0408. The number of primary amides is 1. The predicted molar refractivity (Wildman–Crippen MR) is 183 cm³/mol. The Balaban J connectivity index is 3.18. The van der Waals surface area contributed by atoms with Crippen LogP contribution in [0.25, 0.3) is 0 Å². The second-order valence-electron chi connectivity index (χ2n) is 12.9. The van der Waals surface area contributed by atoms with Crippen molar-refractivity contribution in [1.29, 1.82) is 0 Å². The third kappa shape index (κ3) is 16.1. The maximum absolute atomic E-state index is 13.5. The number of hydrogen-bond acceptors (Lipinski definition) is 13. The van der Waals surface area contributed by atoms with Gasteiger partial charge in [-0.2, -0.15) is 0 Å². The van der Waals surface area contributed by atoms with Crippen molar-refractivity contribution in [2.24, 2.45) is 17.4 Å². The minimum absolute atomic E-state index is 0.0521. The lowest BCUT2D eigenvalue weighted by molar-refractivity contribution is -0.147. The number of carboxylic acids is 2. The Bertz CT molecular complexity index is 1320. The number of rotatable bonds is 24. The van der Waals surface area contributed by atoms with E-state index in [4.69, 9.17) is 16.6 Å². The Kier molecular flexibility index (Phi) is 19.9. The van der Waals surface area contributed by atoms with Gasteiger partial charge in [0.2, 0.25) is 41.4 Å². The summed E-state index contributed by atoms with van der Waals surface area (Å²) >= 11 is 0. The first kappa shape index (κ1) is 46.1. The van der Waals surface area contributed by atoms with Crippen molar-refractivity contribution in [3.8, 4) is 0 Å². The van der Waals surface area contributed by atoms with E-state index >= 15 is 0 Å². The molecule has 15 N–H and O–H groups in total. The van der Waals surface area contributed by atoms with Crippen molar-refractivity contribution >= 4 is 53.3 Å². The van der Waals surface area contributed by atoms with Gasteiger partial charge in [0.05, 0.1) is 31.6 Å². The van der Waals surface area contributed by atoms with Gasteiger partial charge in [-0.1, -0.05) is 13.8 Å². The Hall–Kier alpha value is -4.93. The summed E-state index contributed by atoms with van der Waals surface area (Å²) in [5, 5.41) is 55.1. The summed E-state index contributed by atoms with van der Waals surface area (Å²) in [7, 11) is 0. The van der Waals surface area contributed by atoms with E-state index in [0.29, 0.717) is 25.8 Å². The lowest BCUT2D eigenvalue weighted by Crippen LogP contribution is -2.62. The molecule has 53 heavy (non-hydrogen) atoms. The Labute approximate surface area is 305 Å². The molecule has 1 rings (SSSR count). The van der Waals surface area contributed by atoms with E-state index in [9.17, 15) is 58.5 Å². The SMILES string of the molecule is CC(C)[C@H](NC(=O)[C@H](CCCCN)NC(=O)[C@@H](NC(=O)[C@H](CC(N)=O)NC(=O)[C@H](CO)NC(=O)[C@@H]1CCCN1)[C@@H](C)O)C(=O)N[C@@H](CC(=O)O)C(=O)O. The van der Waals surface area contributed by atoms with E-state index in [0.717, 1.165) is 6.92 Å². The summed E-state index contributed by atoms with van der Waals surface area (Å²) in [5.74, 6) is -10.7. The Morgan fingerprint density at radius 1 is 0.717 bits per heavy atom. The van der Waals surface area contributed by atoms with Crippen LogP contribution in [0, 0.1) is 5.92 Å². The third-order valence-corrected chi connectivity index (χ3v) is 8.11. The molecule has 8 atom stereocenters. The molecule has 0 aromatic heterocycles. The molecule has 0 aromatic carbocycles. The van der Waals surface area contributed by atoms with E-state index < -0.39 is 127 Å². The van der Waals surface area contributed by atoms with Crippen LogP contribution in [0.4, 0.5) is 0 Å². The number of carboxylic acid groups (broad SMARTS) is 2. The Morgan fingerprint density at radius 2 is 1.26 bits per heavy atom. The standard InChI is InChI=1S/C31H53N9O13/c1-14(2)23(29(50)37-19(31(52)53)12-22(44)45)39-26(47)17(7-4-5-9-32)35-30(51)24(15(3)42)40-27(48)18(11-21(33)43)36-28(49)20(13-41)38-25(46)16-8-6-10-34-16/h14-20,23-24,34,41-42H,4-13,32H2,1-3H3,(H2,33,43)(H,35,51)(H,36,49)(H,37,50)(H,38,46)(H,39,47)(H,40,48)(H,44,45)(H,52,53)/t15-,16+,17+,18+,19+,20+,23+,24+/m1/s1. The van der Waals surface area contributed by atoms with Gasteiger partial charge in [0.15, 0.2) is 0 Å². The second-order valence-corrected chi connectivity index (χ2v) is 12.9. The molecule has 7 amide bonds. The van der Waals surface area contributed by atoms with E-state index in [2.05, 4.69) is 37.2 Å². The van der Waals surface area contributed by atoms with Crippen molar-refractivity contribution in [2.75, 3.05) is 19.7 Å². The van der Waals surface area contributed by atoms with Gasteiger partial charge >= 0.3 is 11.9 Å². The van der Waals surface area contributed by atoms with Crippen molar-refractivity contribution in [3.05, 3.63) is 0 Å². The van der Waals surface area contributed by atoms with E-state index in [1.54, 1.807) is 0 Å². The summed E-state index contributed by atoms with van der Waals surface area (Å²) in [6.07, 6.45) is -1.52. The highest BCUT2D eigenvalue weighted by Crippen LogP contribution is 2.09. The molecule has 300 valence electrons. The number of nitrogens with two attached hydrogens (primary N) is 2. The van der Waals surface area contributed by atoms with E-state index in [-0.39, 0.29) is 19.4 Å². The number of aliphatic hydroxyl groups excluding tert-OH is 2. The van der Waals surface area contributed by atoms with Gasteiger partial charge in [-0.15, -0.1) is 0 Å².